The summed E-state index contributed by atoms with van der Waals surface area (Å²) in [7, 11) is 0. The van der Waals surface area contributed by atoms with E-state index in [9.17, 15) is 18.0 Å². The number of nitrogens with zero attached hydrogens (tertiary/aromatic N) is 1. The van der Waals surface area contributed by atoms with Crippen LogP contribution in [-0.4, -0.2) is 17.1 Å². The minimum atomic E-state index is -4.77. The summed E-state index contributed by atoms with van der Waals surface area (Å²) >= 11 is 0. The first-order valence-electron chi connectivity index (χ1n) is 3.60. The number of ketones is 1. The molecule has 0 fully saturated rings. The molecule has 0 radical (unpaired) electrons. The lowest BCUT2D eigenvalue weighted by atomic mass is 10.2. The zero-order valence-electron chi connectivity index (χ0n) is 7.13. The van der Waals surface area contributed by atoms with Gasteiger partial charge in [-0.1, -0.05) is 0 Å². The maximum absolute atomic E-state index is 11.7. The molecule has 0 aromatic carbocycles. The van der Waals surface area contributed by atoms with Crippen molar-refractivity contribution in [2.24, 2.45) is 0 Å². The van der Waals surface area contributed by atoms with Crippen molar-refractivity contribution in [3.63, 3.8) is 0 Å². The number of carbonyl (C=O) groups excluding carboxylic acids is 1. The average Bonchev–Trinajstić information content (AvgIpc) is 2.01. The van der Waals surface area contributed by atoms with E-state index in [0.717, 1.165) is 12.3 Å². The van der Waals surface area contributed by atoms with Crippen LogP contribution in [0.2, 0.25) is 0 Å². The van der Waals surface area contributed by atoms with Crippen molar-refractivity contribution in [2.45, 2.75) is 13.3 Å². The number of rotatable bonds is 2. The molecular weight excluding hydrogens is 199 g/mol. The number of halogens is 3. The SMILES string of the molecule is CC(=O)c1cncc(OC(F)(F)F)c1. The number of alkyl halides is 3. The zero-order valence-corrected chi connectivity index (χ0v) is 7.13. The Balaban J connectivity index is 2.89. The number of ether oxygens (including phenoxy) is 1. The minimum Gasteiger partial charge on any atom is -0.404 e. The molecule has 0 unspecified atom stereocenters. The number of carbonyl (C=O) groups is 1. The Morgan fingerprint density at radius 3 is 2.57 bits per heavy atom. The van der Waals surface area contributed by atoms with Gasteiger partial charge in [0.25, 0.3) is 0 Å². The second-order valence-corrected chi connectivity index (χ2v) is 2.51. The first-order valence-corrected chi connectivity index (χ1v) is 3.60. The van der Waals surface area contributed by atoms with E-state index in [4.69, 9.17) is 0 Å². The number of hydrogen-bond donors (Lipinski definition) is 0. The van der Waals surface area contributed by atoms with Crippen molar-refractivity contribution in [3.05, 3.63) is 24.0 Å². The molecule has 1 aromatic heterocycles. The first-order chi connectivity index (χ1) is 6.38. The summed E-state index contributed by atoms with van der Waals surface area (Å²) in [5.41, 5.74) is 0.0757. The summed E-state index contributed by atoms with van der Waals surface area (Å²) in [4.78, 5) is 14.2. The van der Waals surface area contributed by atoms with Crippen molar-refractivity contribution in [1.82, 2.24) is 4.98 Å². The molecule has 0 spiro atoms. The first kappa shape index (κ1) is 10.5. The molecule has 1 rings (SSSR count). The number of pyridine rings is 1. The summed E-state index contributed by atoms with van der Waals surface area (Å²) in [5, 5.41) is 0. The van der Waals surface area contributed by atoms with Crippen LogP contribution in [-0.2, 0) is 0 Å². The van der Waals surface area contributed by atoms with Crippen LogP contribution >= 0.6 is 0 Å². The molecular formula is C8H6F3NO2. The van der Waals surface area contributed by atoms with E-state index in [1.54, 1.807) is 0 Å². The molecule has 0 atom stereocenters. The largest absolute Gasteiger partial charge is 0.573 e. The normalized spacial score (nSPS) is 11.1. The van der Waals surface area contributed by atoms with E-state index in [0.29, 0.717) is 0 Å². The molecule has 0 aliphatic heterocycles. The van der Waals surface area contributed by atoms with E-state index < -0.39 is 12.1 Å². The summed E-state index contributed by atoms with van der Waals surface area (Å²) in [6, 6.07) is 0.989. The third-order valence-electron chi connectivity index (χ3n) is 1.35. The van der Waals surface area contributed by atoms with Crippen LogP contribution in [0.4, 0.5) is 13.2 Å². The third-order valence-corrected chi connectivity index (χ3v) is 1.35. The highest BCUT2D eigenvalue weighted by Gasteiger charge is 2.31. The predicted octanol–water partition coefficient (Wildman–Crippen LogP) is 2.18. The standard InChI is InChI=1S/C8H6F3NO2/c1-5(13)6-2-7(4-12-3-6)14-8(9,10)11/h2-4H,1H3. The highest BCUT2D eigenvalue weighted by molar-refractivity contribution is 5.94. The molecule has 1 aromatic rings. The smallest absolute Gasteiger partial charge is 0.404 e. The van der Waals surface area contributed by atoms with Crippen LogP contribution in [0.3, 0.4) is 0 Å². The van der Waals surface area contributed by atoms with Crippen molar-refractivity contribution < 1.29 is 22.7 Å². The Bertz CT molecular complexity index is 349. The predicted molar refractivity (Wildman–Crippen MR) is 40.9 cm³/mol. The van der Waals surface area contributed by atoms with Crippen molar-refractivity contribution in [1.29, 1.82) is 0 Å². The van der Waals surface area contributed by atoms with Gasteiger partial charge in [0, 0.05) is 11.8 Å². The molecule has 0 N–H and O–H groups in total. The molecule has 0 aliphatic carbocycles. The summed E-state index contributed by atoms with van der Waals surface area (Å²) in [6.07, 6.45) is -2.71. The van der Waals surface area contributed by atoms with Gasteiger partial charge >= 0.3 is 6.36 Å². The fraction of sp³-hybridized carbons (Fsp3) is 0.250. The van der Waals surface area contributed by atoms with Gasteiger partial charge < -0.3 is 4.74 Å². The van der Waals surface area contributed by atoms with E-state index in [2.05, 4.69) is 9.72 Å². The molecule has 0 bridgehead atoms. The quantitative estimate of drug-likeness (QED) is 0.694. The Morgan fingerprint density at radius 1 is 1.43 bits per heavy atom. The lowest BCUT2D eigenvalue weighted by Crippen LogP contribution is -2.17. The molecule has 3 nitrogen and oxygen atoms in total. The summed E-state index contributed by atoms with van der Waals surface area (Å²) in [5.74, 6) is -0.865. The second-order valence-electron chi connectivity index (χ2n) is 2.51. The van der Waals surface area contributed by atoms with Crippen LogP contribution < -0.4 is 4.74 Å². The average molecular weight is 205 g/mol. The van der Waals surface area contributed by atoms with Gasteiger partial charge in [0.2, 0.25) is 0 Å². The van der Waals surface area contributed by atoms with Crippen molar-refractivity contribution in [2.75, 3.05) is 0 Å². The Hall–Kier alpha value is -1.59. The van der Waals surface area contributed by atoms with Gasteiger partial charge in [-0.3, -0.25) is 9.78 Å². The van der Waals surface area contributed by atoms with Gasteiger partial charge in [-0.15, -0.1) is 13.2 Å². The van der Waals surface area contributed by atoms with Gasteiger partial charge in [-0.25, -0.2) is 0 Å². The van der Waals surface area contributed by atoms with Gasteiger partial charge in [0.05, 0.1) is 6.20 Å². The number of Topliss-reactive ketones (excluding diaryl/α,β-unsaturated/α-hetero) is 1. The topological polar surface area (TPSA) is 39.2 Å². The van der Waals surface area contributed by atoms with Gasteiger partial charge in [0.1, 0.15) is 5.75 Å². The lowest BCUT2D eigenvalue weighted by Gasteiger charge is -2.08. The third kappa shape index (κ3) is 3.04. The fourth-order valence-corrected chi connectivity index (χ4v) is 0.801. The molecule has 1 heterocycles. The van der Waals surface area contributed by atoms with Crippen LogP contribution in [0.25, 0.3) is 0 Å². The fourth-order valence-electron chi connectivity index (χ4n) is 0.801. The van der Waals surface area contributed by atoms with Gasteiger partial charge in [-0.05, 0) is 13.0 Å². The lowest BCUT2D eigenvalue weighted by molar-refractivity contribution is -0.274. The molecule has 6 heteroatoms. The highest BCUT2D eigenvalue weighted by Crippen LogP contribution is 2.22. The Kier molecular flexibility index (Phi) is 2.73. The van der Waals surface area contributed by atoms with E-state index in [1.807, 2.05) is 0 Å². The van der Waals surface area contributed by atoms with Crippen LogP contribution in [0, 0.1) is 0 Å². The monoisotopic (exact) mass is 205 g/mol. The number of aromatic nitrogens is 1. The molecule has 0 saturated carbocycles. The molecule has 76 valence electrons. The molecule has 0 aliphatic rings. The molecule has 0 amide bonds. The molecule has 14 heavy (non-hydrogen) atoms. The van der Waals surface area contributed by atoms with Crippen LogP contribution in [0.1, 0.15) is 17.3 Å². The van der Waals surface area contributed by atoms with Gasteiger partial charge in [0.15, 0.2) is 5.78 Å². The van der Waals surface area contributed by atoms with E-state index >= 15 is 0 Å². The molecule has 0 saturated heterocycles. The van der Waals surface area contributed by atoms with Crippen LogP contribution in [0.5, 0.6) is 5.75 Å². The van der Waals surface area contributed by atoms with Crippen molar-refractivity contribution >= 4 is 5.78 Å². The van der Waals surface area contributed by atoms with Crippen molar-refractivity contribution in [3.8, 4) is 5.75 Å². The number of hydrogen-bond acceptors (Lipinski definition) is 3. The Labute approximate surface area is 77.5 Å². The summed E-state index contributed by atoms with van der Waals surface area (Å²) < 4.78 is 38.8. The maximum atomic E-state index is 11.7. The van der Waals surface area contributed by atoms with Gasteiger partial charge in [-0.2, -0.15) is 0 Å². The maximum Gasteiger partial charge on any atom is 0.573 e. The highest BCUT2D eigenvalue weighted by atomic mass is 19.4. The van der Waals surface area contributed by atoms with E-state index in [1.165, 1.54) is 13.1 Å². The Morgan fingerprint density at radius 2 is 2.07 bits per heavy atom. The van der Waals surface area contributed by atoms with E-state index in [-0.39, 0.29) is 11.3 Å². The zero-order chi connectivity index (χ0) is 10.8. The van der Waals surface area contributed by atoms with Crippen LogP contribution in [0.15, 0.2) is 18.5 Å². The minimum absolute atomic E-state index is 0.0757. The second kappa shape index (κ2) is 3.65. The summed E-state index contributed by atoms with van der Waals surface area (Å²) in [6.45, 7) is 1.23.